The Balaban J connectivity index is 1.67. The Morgan fingerprint density at radius 1 is 1.12 bits per heavy atom. The molecule has 1 atom stereocenters. The van der Waals surface area contributed by atoms with Crippen LogP contribution in [0.3, 0.4) is 0 Å². The lowest BCUT2D eigenvalue weighted by Gasteiger charge is -2.35. The highest BCUT2D eigenvalue weighted by Crippen LogP contribution is 2.32. The van der Waals surface area contributed by atoms with Gasteiger partial charge in [0.1, 0.15) is 6.04 Å². The standard InChI is InChI=1S/C24H23F3N4O2/c1-15-21(16(2)31(29-15)19-9-4-3-5-10-19)22-23(33)28-11-12-30(22)20(32)14-17-7-6-8-18(13-17)24(25,26)27/h3-10,13,22H,11-12,14H2,1-2H3,(H,28,33)/t22-/m1/s1. The number of carbonyl (C=O) groups excluding carboxylic acids is 2. The molecule has 9 heteroatoms. The van der Waals surface area contributed by atoms with Crippen LogP contribution in [0.4, 0.5) is 13.2 Å². The third-order valence-electron chi connectivity index (χ3n) is 5.76. The second-order valence-corrected chi connectivity index (χ2v) is 7.99. The van der Waals surface area contributed by atoms with Crippen LogP contribution >= 0.6 is 0 Å². The second-order valence-electron chi connectivity index (χ2n) is 7.99. The fourth-order valence-electron chi connectivity index (χ4n) is 4.23. The predicted octanol–water partition coefficient (Wildman–Crippen LogP) is 3.75. The summed E-state index contributed by atoms with van der Waals surface area (Å²) in [6.45, 7) is 4.14. The van der Waals surface area contributed by atoms with E-state index in [4.69, 9.17) is 0 Å². The third kappa shape index (κ3) is 4.48. The molecule has 1 aromatic heterocycles. The van der Waals surface area contributed by atoms with Crippen molar-refractivity contribution in [1.82, 2.24) is 20.0 Å². The van der Waals surface area contributed by atoms with Crippen LogP contribution in [0.15, 0.2) is 54.6 Å². The van der Waals surface area contributed by atoms with E-state index < -0.39 is 23.7 Å². The van der Waals surface area contributed by atoms with Crippen molar-refractivity contribution >= 4 is 11.8 Å². The number of hydrogen-bond acceptors (Lipinski definition) is 3. The zero-order valence-corrected chi connectivity index (χ0v) is 18.2. The van der Waals surface area contributed by atoms with Crippen LogP contribution in [0.1, 0.15) is 34.1 Å². The van der Waals surface area contributed by atoms with Gasteiger partial charge in [-0.05, 0) is 37.6 Å². The first-order valence-electron chi connectivity index (χ1n) is 10.5. The molecule has 1 aliphatic rings. The number of para-hydroxylation sites is 1. The average molecular weight is 456 g/mol. The Hall–Kier alpha value is -3.62. The van der Waals surface area contributed by atoms with Gasteiger partial charge in [0.15, 0.2) is 0 Å². The Labute approximate surface area is 189 Å². The van der Waals surface area contributed by atoms with Gasteiger partial charge in [-0.3, -0.25) is 9.59 Å². The van der Waals surface area contributed by atoms with Gasteiger partial charge in [0.2, 0.25) is 11.8 Å². The third-order valence-corrected chi connectivity index (χ3v) is 5.76. The molecule has 0 saturated carbocycles. The van der Waals surface area contributed by atoms with Gasteiger partial charge in [0.05, 0.1) is 23.4 Å². The summed E-state index contributed by atoms with van der Waals surface area (Å²) >= 11 is 0. The van der Waals surface area contributed by atoms with Crippen molar-refractivity contribution in [2.45, 2.75) is 32.5 Å². The van der Waals surface area contributed by atoms with Gasteiger partial charge >= 0.3 is 6.18 Å². The number of aromatic nitrogens is 2. The van der Waals surface area contributed by atoms with E-state index in [1.54, 1.807) is 11.6 Å². The lowest BCUT2D eigenvalue weighted by atomic mass is 9.99. The minimum Gasteiger partial charge on any atom is -0.352 e. The molecular formula is C24H23F3N4O2. The first-order chi connectivity index (χ1) is 15.7. The molecule has 2 amide bonds. The minimum absolute atomic E-state index is 0.237. The van der Waals surface area contributed by atoms with Crippen LogP contribution in [-0.2, 0) is 22.2 Å². The Morgan fingerprint density at radius 2 is 1.85 bits per heavy atom. The van der Waals surface area contributed by atoms with Crippen molar-refractivity contribution in [3.63, 3.8) is 0 Å². The lowest BCUT2D eigenvalue weighted by Crippen LogP contribution is -2.52. The number of piperazine rings is 1. The molecule has 0 aliphatic carbocycles. The van der Waals surface area contributed by atoms with Gasteiger partial charge in [-0.25, -0.2) is 4.68 Å². The van der Waals surface area contributed by atoms with E-state index in [9.17, 15) is 22.8 Å². The van der Waals surface area contributed by atoms with Crippen LogP contribution in [0.5, 0.6) is 0 Å². The second kappa shape index (κ2) is 8.73. The van der Waals surface area contributed by atoms with E-state index in [1.807, 2.05) is 37.3 Å². The number of nitrogens with one attached hydrogen (secondary N) is 1. The van der Waals surface area contributed by atoms with E-state index >= 15 is 0 Å². The van der Waals surface area contributed by atoms with Crippen LogP contribution in [0.25, 0.3) is 5.69 Å². The minimum atomic E-state index is -4.49. The first kappa shape index (κ1) is 22.6. The SMILES string of the molecule is Cc1nn(-c2ccccc2)c(C)c1[C@@H]1C(=O)NCCN1C(=O)Cc1cccc(C(F)(F)F)c1. The highest BCUT2D eigenvalue weighted by Gasteiger charge is 2.38. The van der Waals surface area contributed by atoms with Crippen LogP contribution in [0.2, 0.25) is 0 Å². The summed E-state index contributed by atoms with van der Waals surface area (Å²) < 4.78 is 40.9. The molecule has 1 N–H and O–H groups in total. The molecule has 1 aliphatic heterocycles. The average Bonchev–Trinajstić information content (AvgIpc) is 3.07. The molecule has 3 aromatic rings. The molecule has 2 heterocycles. The normalized spacial score (nSPS) is 16.6. The highest BCUT2D eigenvalue weighted by molar-refractivity contribution is 5.91. The van der Waals surface area contributed by atoms with Crippen LogP contribution in [0, 0.1) is 13.8 Å². The fraction of sp³-hybridized carbons (Fsp3) is 0.292. The van der Waals surface area contributed by atoms with Gasteiger partial charge in [-0.1, -0.05) is 36.4 Å². The van der Waals surface area contributed by atoms with Gasteiger partial charge in [-0.2, -0.15) is 18.3 Å². The van der Waals surface area contributed by atoms with Crippen molar-refractivity contribution in [2.75, 3.05) is 13.1 Å². The van der Waals surface area contributed by atoms with Gasteiger partial charge in [-0.15, -0.1) is 0 Å². The van der Waals surface area contributed by atoms with E-state index in [0.29, 0.717) is 11.3 Å². The number of benzene rings is 2. The predicted molar refractivity (Wildman–Crippen MR) is 116 cm³/mol. The summed E-state index contributed by atoms with van der Waals surface area (Å²) in [5.74, 6) is -0.752. The van der Waals surface area contributed by atoms with E-state index in [2.05, 4.69) is 10.4 Å². The molecule has 0 bridgehead atoms. The number of rotatable bonds is 4. The molecule has 33 heavy (non-hydrogen) atoms. The van der Waals surface area contributed by atoms with Crippen molar-refractivity contribution in [1.29, 1.82) is 0 Å². The Kier molecular flexibility index (Phi) is 5.97. The summed E-state index contributed by atoms with van der Waals surface area (Å²) in [7, 11) is 0. The molecule has 0 unspecified atom stereocenters. The Bertz CT molecular complexity index is 1190. The van der Waals surface area contributed by atoms with Crippen molar-refractivity contribution in [2.24, 2.45) is 0 Å². The largest absolute Gasteiger partial charge is 0.416 e. The van der Waals surface area contributed by atoms with E-state index in [-0.39, 0.29) is 31.0 Å². The smallest absolute Gasteiger partial charge is 0.352 e. The molecule has 1 fully saturated rings. The maximum absolute atomic E-state index is 13.2. The zero-order chi connectivity index (χ0) is 23.8. The Morgan fingerprint density at radius 3 is 2.55 bits per heavy atom. The number of nitrogens with zero attached hydrogens (tertiary/aromatic N) is 3. The summed E-state index contributed by atoms with van der Waals surface area (Å²) in [5.41, 5.74) is 2.20. The number of aryl methyl sites for hydroxylation is 1. The summed E-state index contributed by atoms with van der Waals surface area (Å²) in [6.07, 6.45) is -4.73. The number of halogens is 3. The van der Waals surface area contributed by atoms with Crippen molar-refractivity contribution < 1.29 is 22.8 Å². The summed E-state index contributed by atoms with van der Waals surface area (Å²) in [6, 6.07) is 13.2. The molecular weight excluding hydrogens is 433 g/mol. The highest BCUT2D eigenvalue weighted by atomic mass is 19.4. The summed E-state index contributed by atoms with van der Waals surface area (Å²) in [5, 5.41) is 7.37. The first-order valence-corrected chi connectivity index (χ1v) is 10.5. The molecule has 2 aromatic carbocycles. The zero-order valence-electron chi connectivity index (χ0n) is 18.2. The molecule has 6 nitrogen and oxygen atoms in total. The van der Waals surface area contributed by atoms with Gasteiger partial charge < -0.3 is 10.2 Å². The molecule has 0 spiro atoms. The molecule has 4 rings (SSSR count). The monoisotopic (exact) mass is 456 g/mol. The molecule has 1 saturated heterocycles. The number of amides is 2. The molecule has 0 radical (unpaired) electrons. The van der Waals surface area contributed by atoms with Crippen LogP contribution in [-0.4, -0.2) is 39.6 Å². The number of alkyl halides is 3. The van der Waals surface area contributed by atoms with Crippen molar-refractivity contribution in [3.8, 4) is 5.69 Å². The van der Waals surface area contributed by atoms with E-state index in [1.165, 1.54) is 17.0 Å². The maximum Gasteiger partial charge on any atom is 0.416 e. The lowest BCUT2D eigenvalue weighted by molar-refractivity contribution is -0.143. The van der Waals surface area contributed by atoms with Crippen molar-refractivity contribution in [3.05, 3.63) is 82.7 Å². The topological polar surface area (TPSA) is 67.2 Å². The number of carbonyl (C=O) groups is 2. The quantitative estimate of drug-likeness (QED) is 0.650. The van der Waals surface area contributed by atoms with E-state index in [0.717, 1.165) is 23.5 Å². The van der Waals surface area contributed by atoms with Gasteiger partial charge in [0, 0.05) is 24.3 Å². The number of hydrogen-bond donors (Lipinski definition) is 1. The summed E-state index contributed by atoms with van der Waals surface area (Å²) in [4.78, 5) is 27.5. The fourth-order valence-corrected chi connectivity index (χ4v) is 4.23. The van der Waals surface area contributed by atoms with Gasteiger partial charge in [0.25, 0.3) is 0 Å². The van der Waals surface area contributed by atoms with Crippen LogP contribution < -0.4 is 5.32 Å². The maximum atomic E-state index is 13.2. The molecule has 172 valence electrons.